The lowest BCUT2D eigenvalue weighted by atomic mass is 10.2. The summed E-state index contributed by atoms with van der Waals surface area (Å²) in [5, 5.41) is 9.53. The van der Waals surface area contributed by atoms with Crippen molar-refractivity contribution in [1.29, 1.82) is 0 Å². The molecule has 20 heavy (non-hydrogen) atoms. The standard InChI is InChI=1S/C15H17N5/c16-9-2-1-7-13-11-20(19-18-13)14-8-3-5-12-6-4-10-17-15(12)14/h3-6,8,10-11H,1-2,7,9,16H2. The highest BCUT2D eigenvalue weighted by molar-refractivity contribution is 5.85. The van der Waals surface area contributed by atoms with E-state index in [9.17, 15) is 0 Å². The van der Waals surface area contributed by atoms with Crippen LogP contribution < -0.4 is 5.73 Å². The Morgan fingerprint density at radius 3 is 2.90 bits per heavy atom. The van der Waals surface area contributed by atoms with Crippen LogP contribution >= 0.6 is 0 Å². The van der Waals surface area contributed by atoms with Gasteiger partial charge in [-0.3, -0.25) is 4.98 Å². The van der Waals surface area contributed by atoms with E-state index in [0.29, 0.717) is 0 Å². The SMILES string of the molecule is NCCCCc1cn(-c2cccc3cccnc23)nn1. The van der Waals surface area contributed by atoms with Gasteiger partial charge in [-0.05, 0) is 37.9 Å². The van der Waals surface area contributed by atoms with Crippen LogP contribution in [-0.4, -0.2) is 26.5 Å². The smallest absolute Gasteiger partial charge is 0.0959 e. The van der Waals surface area contributed by atoms with Crippen LogP contribution in [0.25, 0.3) is 16.6 Å². The molecule has 0 bridgehead atoms. The van der Waals surface area contributed by atoms with Crippen molar-refractivity contribution in [2.75, 3.05) is 6.54 Å². The van der Waals surface area contributed by atoms with E-state index < -0.39 is 0 Å². The Morgan fingerprint density at radius 1 is 1.10 bits per heavy atom. The first kappa shape index (κ1) is 12.7. The molecule has 0 saturated carbocycles. The lowest BCUT2D eigenvalue weighted by Gasteiger charge is -2.04. The monoisotopic (exact) mass is 267 g/mol. The van der Waals surface area contributed by atoms with Gasteiger partial charge in [0.2, 0.25) is 0 Å². The van der Waals surface area contributed by atoms with Crippen LogP contribution in [0.15, 0.2) is 42.7 Å². The van der Waals surface area contributed by atoms with Crippen LogP contribution in [0.3, 0.4) is 0 Å². The molecule has 5 heteroatoms. The number of unbranched alkanes of at least 4 members (excludes halogenated alkanes) is 1. The first-order chi connectivity index (χ1) is 9.88. The summed E-state index contributed by atoms with van der Waals surface area (Å²) in [4.78, 5) is 4.44. The van der Waals surface area contributed by atoms with Gasteiger partial charge in [0.25, 0.3) is 0 Å². The fourth-order valence-corrected chi connectivity index (χ4v) is 2.25. The van der Waals surface area contributed by atoms with Crippen LogP contribution in [-0.2, 0) is 6.42 Å². The zero-order valence-corrected chi connectivity index (χ0v) is 11.2. The number of pyridine rings is 1. The molecule has 3 aromatic rings. The molecule has 0 saturated heterocycles. The van der Waals surface area contributed by atoms with Gasteiger partial charge >= 0.3 is 0 Å². The summed E-state index contributed by atoms with van der Waals surface area (Å²) in [5.74, 6) is 0. The molecule has 0 radical (unpaired) electrons. The third-order valence-electron chi connectivity index (χ3n) is 3.29. The van der Waals surface area contributed by atoms with Crippen LogP contribution in [0.1, 0.15) is 18.5 Å². The molecule has 3 rings (SSSR count). The predicted molar refractivity (Wildman–Crippen MR) is 78.7 cm³/mol. The molecular formula is C15H17N5. The number of nitrogens with two attached hydrogens (primary N) is 1. The summed E-state index contributed by atoms with van der Waals surface area (Å²) < 4.78 is 1.80. The predicted octanol–water partition coefficient (Wildman–Crippen LogP) is 2.10. The molecule has 2 heterocycles. The molecule has 0 fully saturated rings. The number of fused-ring (bicyclic) bond motifs is 1. The molecule has 0 aliphatic rings. The van der Waals surface area contributed by atoms with E-state index in [0.717, 1.165) is 48.1 Å². The van der Waals surface area contributed by atoms with Crippen LogP contribution in [0, 0.1) is 0 Å². The third-order valence-corrected chi connectivity index (χ3v) is 3.29. The van der Waals surface area contributed by atoms with E-state index >= 15 is 0 Å². The van der Waals surface area contributed by atoms with Gasteiger partial charge in [-0.25, -0.2) is 4.68 Å². The zero-order valence-electron chi connectivity index (χ0n) is 11.2. The van der Waals surface area contributed by atoms with E-state index in [1.165, 1.54) is 0 Å². The molecule has 102 valence electrons. The number of rotatable bonds is 5. The number of hydrogen-bond acceptors (Lipinski definition) is 4. The van der Waals surface area contributed by atoms with Gasteiger partial charge in [-0.1, -0.05) is 23.4 Å². The van der Waals surface area contributed by atoms with E-state index in [1.807, 2.05) is 36.5 Å². The Bertz CT molecular complexity index is 699. The summed E-state index contributed by atoms with van der Waals surface area (Å²) in [5.41, 5.74) is 8.39. The fraction of sp³-hybridized carbons (Fsp3) is 0.267. The number of nitrogens with zero attached hydrogens (tertiary/aromatic N) is 4. The van der Waals surface area contributed by atoms with Crippen molar-refractivity contribution in [2.45, 2.75) is 19.3 Å². The number of aromatic nitrogens is 4. The average molecular weight is 267 g/mol. The minimum absolute atomic E-state index is 0.724. The van der Waals surface area contributed by atoms with Crippen molar-refractivity contribution in [1.82, 2.24) is 20.0 Å². The zero-order chi connectivity index (χ0) is 13.8. The highest BCUT2D eigenvalue weighted by Crippen LogP contribution is 2.19. The second-order valence-electron chi connectivity index (χ2n) is 4.75. The van der Waals surface area contributed by atoms with Gasteiger partial charge in [0.1, 0.15) is 0 Å². The summed E-state index contributed by atoms with van der Waals surface area (Å²) >= 11 is 0. The van der Waals surface area contributed by atoms with Gasteiger partial charge in [-0.15, -0.1) is 5.10 Å². The minimum atomic E-state index is 0.724. The Morgan fingerprint density at radius 2 is 2.00 bits per heavy atom. The molecule has 0 aliphatic heterocycles. The Labute approximate surface area is 117 Å². The number of benzene rings is 1. The lowest BCUT2D eigenvalue weighted by molar-refractivity contribution is 0.727. The van der Waals surface area contributed by atoms with Crippen LogP contribution in [0.4, 0.5) is 0 Å². The van der Waals surface area contributed by atoms with Crippen molar-refractivity contribution in [2.24, 2.45) is 5.73 Å². The molecule has 5 nitrogen and oxygen atoms in total. The van der Waals surface area contributed by atoms with Crippen LogP contribution in [0.5, 0.6) is 0 Å². The van der Waals surface area contributed by atoms with E-state index in [1.54, 1.807) is 10.9 Å². The van der Waals surface area contributed by atoms with Crippen molar-refractivity contribution >= 4 is 10.9 Å². The highest BCUT2D eigenvalue weighted by atomic mass is 15.4. The second-order valence-corrected chi connectivity index (χ2v) is 4.75. The lowest BCUT2D eigenvalue weighted by Crippen LogP contribution is -1.99. The molecule has 2 aromatic heterocycles. The summed E-state index contributed by atoms with van der Waals surface area (Å²) in [6.07, 6.45) is 6.74. The average Bonchev–Trinajstić information content (AvgIpc) is 2.96. The molecule has 0 atom stereocenters. The fourth-order valence-electron chi connectivity index (χ4n) is 2.25. The minimum Gasteiger partial charge on any atom is -0.330 e. The van der Waals surface area contributed by atoms with Gasteiger partial charge < -0.3 is 5.73 Å². The van der Waals surface area contributed by atoms with Crippen molar-refractivity contribution in [3.05, 3.63) is 48.4 Å². The highest BCUT2D eigenvalue weighted by Gasteiger charge is 2.07. The quantitative estimate of drug-likeness (QED) is 0.719. The Balaban J connectivity index is 1.91. The van der Waals surface area contributed by atoms with Crippen LogP contribution in [0.2, 0.25) is 0 Å². The molecule has 0 aliphatic carbocycles. The number of para-hydroxylation sites is 1. The van der Waals surface area contributed by atoms with Crippen molar-refractivity contribution < 1.29 is 0 Å². The maximum Gasteiger partial charge on any atom is 0.0959 e. The first-order valence-electron chi connectivity index (χ1n) is 6.84. The maximum absolute atomic E-state index is 5.50. The largest absolute Gasteiger partial charge is 0.330 e. The summed E-state index contributed by atoms with van der Waals surface area (Å²) in [7, 11) is 0. The van der Waals surface area contributed by atoms with E-state index in [-0.39, 0.29) is 0 Å². The van der Waals surface area contributed by atoms with E-state index in [2.05, 4.69) is 15.3 Å². The summed E-state index contributed by atoms with van der Waals surface area (Å²) in [6, 6.07) is 10.0. The van der Waals surface area contributed by atoms with Gasteiger partial charge in [0.15, 0.2) is 0 Å². The van der Waals surface area contributed by atoms with Gasteiger partial charge in [0.05, 0.1) is 23.1 Å². The first-order valence-corrected chi connectivity index (χ1v) is 6.84. The molecule has 2 N–H and O–H groups in total. The van der Waals surface area contributed by atoms with Gasteiger partial charge in [-0.2, -0.15) is 0 Å². The van der Waals surface area contributed by atoms with Crippen molar-refractivity contribution in [3.63, 3.8) is 0 Å². The Kier molecular flexibility index (Phi) is 3.69. The second kappa shape index (κ2) is 5.79. The normalized spacial score (nSPS) is 11.1. The topological polar surface area (TPSA) is 69.6 Å². The van der Waals surface area contributed by atoms with E-state index in [4.69, 9.17) is 5.73 Å². The summed E-state index contributed by atoms with van der Waals surface area (Å²) in [6.45, 7) is 0.724. The molecular weight excluding hydrogens is 250 g/mol. The molecule has 0 amide bonds. The molecule has 0 unspecified atom stereocenters. The number of hydrogen-bond donors (Lipinski definition) is 1. The number of aryl methyl sites for hydroxylation is 1. The van der Waals surface area contributed by atoms with Crippen molar-refractivity contribution in [3.8, 4) is 5.69 Å². The molecule has 0 spiro atoms. The maximum atomic E-state index is 5.50. The van der Waals surface area contributed by atoms with Gasteiger partial charge in [0, 0.05) is 11.6 Å². The molecule has 1 aromatic carbocycles. The Hall–Kier alpha value is -2.27. The third kappa shape index (κ3) is 2.53.